The molecular formula is C10H10ClNO5S. The van der Waals surface area contributed by atoms with Crippen LogP contribution in [0.3, 0.4) is 0 Å². The number of aromatic carboxylic acids is 1. The Hall–Kier alpha value is -1.15. The molecule has 1 aliphatic rings. The lowest BCUT2D eigenvalue weighted by atomic mass is 10.2. The van der Waals surface area contributed by atoms with Crippen molar-refractivity contribution >= 4 is 27.6 Å². The first-order valence-corrected chi connectivity index (χ1v) is 6.85. The molecule has 8 heteroatoms. The van der Waals surface area contributed by atoms with Crippen LogP contribution in [-0.2, 0) is 10.0 Å². The molecule has 1 aliphatic heterocycles. The van der Waals surface area contributed by atoms with Crippen molar-refractivity contribution in [1.29, 1.82) is 0 Å². The average Bonchev–Trinajstić information content (AvgIpc) is 2.24. The van der Waals surface area contributed by atoms with Gasteiger partial charge < -0.3 is 10.2 Å². The molecule has 6 nitrogen and oxygen atoms in total. The Kier molecular flexibility index (Phi) is 3.33. The molecule has 98 valence electrons. The lowest BCUT2D eigenvalue weighted by molar-refractivity contribution is 0.0547. The lowest BCUT2D eigenvalue weighted by Crippen LogP contribution is -2.53. The van der Waals surface area contributed by atoms with E-state index in [9.17, 15) is 13.2 Å². The van der Waals surface area contributed by atoms with Gasteiger partial charge in [0.25, 0.3) is 0 Å². The third-order valence-electron chi connectivity index (χ3n) is 2.63. The van der Waals surface area contributed by atoms with Crippen LogP contribution in [-0.4, -0.2) is 48.1 Å². The van der Waals surface area contributed by atoms with Crippen molar-refractivity contribution < 1.29 is 23.4 Å². The monoisotopic (exact) mass is 291 g/mol. The largest absolute Gasteiger partial charge is 0.478 e. The number of halogens is 1. The van der Waals surface area contributed by atoms with Crippen molar-refractivity contribution in [3.63, 3.8) is 0 Å². The number of aliphatic hydroxyl groups is 1. The second-order valence-corrected chi connectivity index (χ2v) is 6.27. The predicted octanol–water partition coefficient (Wildman–Crippen LogP) is 0.403. The molecule has 0 unspecified atom stereocenters. The first-order chi connectivity index (χ1) is 8.32. The fourth-order valence-corrected chi connectivity index (χ4v) is 3.33. The van der Waals surface area contributed by atoms with E-state index in [1.807, 2.05) is 0 Å². The summed E-state index contributed by atoms with van der Waals surface area (Å²) in [4.78, 5) is 10.7. The maximum atomic E-state index is 12.0. The molecule has 18 heavy (non-hydrogen) atoms. The molecule has 0 atom stereocenters. The molecule has 1 saturated heterocycles. The number of hydrogen-bond donors (Lipinski definition) is 2. The highest BCUT2D eigenvalue weighted by Gasteiger charge is 2.35. The van der Waals surface area contributed by atoms with Crippen LogP contribution in [0.15, 0.2) is 23.1 Å². The van der Waals surface area contributed by atoms with Gasteiger partial charge in [0.2, 0.25) is 10.0 Å². The first kappa shape index (κ1) is 13.3. The Bertz CT molecular complexity index is 594. The van der Waals surface area contributed by atoms with Crippen LogP contribution in [0.1, 0.15) is 10.4 Å². The number of hydrogen-bond acceptors (Lipinski definition) is 4. The molecule has 0 bridgehead atoms. The lowest BCUT2D eigenvalue weighted by Gasteiger charge is -2.34. The maximum Gasteiger partial charge on any atom is 0.337 e. The summed E-state index contributed by atoms with van der Waals surface area (Å²) in [7, 11) is -3.76. The highest BCUT2D eigenvalue weighted by Crippen LogP contribution is 2.25. The van der Waals surface area contributed by atoms with Crippen LogP contribution in [0.5, 0.6) is 0 Å². The maximum absolute atomic E-state index is 12.0. The number of β-amino-alcohol motifs (C(OH)–C–C–N with tert-alkyl or cyclic N) is 1. The normalized spacial score (nSPS) is 17.4. The standard InChI is InChI=1S/C10H10ClNO5S/c11-9-2-1-7(3-8(9)10(14)15)18(16,17)12-4-6(13)5-12/h1-3,6,13H,4-5H2,(H,14,15). The summed E-state index contributed by atoms with van der Waals surface area (Å²) in [5.41, 5.74) is -0.265. The van der Waals surface area contributed by atoms with E-state index >= 15 is 0 Å². The van der Waals surface area contributed by atoms with E-state index in [0.29, 0.717) is 0 Å². The summed E-state index contributed by atoms with van der Waals surface area (Å²) < 4.78 is 25.1. The van der Waals surface area contributed by atoms with E-state index in [-0.39, 0.29) is 28.6 Å². The van der Waals surface area contributed by atoms with E-state index in [0.717, 1.165) is 10.4 Å². The summed E-state index contributed by atoms with van der Waals surface area (Å²) in [5.74, 6) is -1.29. The van der Waals surface area contributed by atoms with Crippen molar-refractivity contribution in [3.8, 4) is 0 Å². The number of aliphatic hydroxyl groups excluding tert-OH is 1. The molecule has 1 heterocycles. The predicted molar refractivity (Wildman–Crippen MR) is 63.2 cm³/mol. The summed E-state index contributed by atoms with van der Waals surface area (Å²) >= 11 is 5.66. The quantitative estimate of drug-likeness (QED) is 0.841. The number of carboxylic acid groups (broad SMARTS) is 1. The molecule has 2 N–H and O–H groups in total. The molecule has 0 saturated carbocycles. The van der Waals surface area contributed by atoms with Gasteiger partial charge in [-0.1, -0.05) is 11.6 Å². The fraction of sp³-hybridized carbons (Fsp3) is 0.300. The average molecular weight is 292 g/mol. The van der Waals surface area contributed by atoms with E-state index in [1.54, 1.807) is 0 Å². The Morgan fingerprint density at radius 2 is 2.00 bits per heavy atom. The molecular weight excluding hydrogens is 282 g/mol. The minimum absolute atomic E-state index is 0.0212. The van der Waals surface area contributed by atoms with Gasteiger partial charge in [-0.05, 0) is 18.2 Å². The smallest absolute Gasteiger partial charge is 0.337 e. The summed E-state index contributed by atoms with van der Waals surface area (Å²) in [6.45, 7) is 0.0424. The minimum atomic E-state index is -3.76. The Balaban J connectivity index is 2.40. The second kappa shape index (κ2) is 4.51. The van der Waals surface area contributed by atoms with Crippen molar-refractivity contribution in [2.24, 2.45) is 0 Å². The van der Waals surface area contributed by atoms with Crippen LogP contribution < -0.4 is 0 Å². The van der Waals surface area contributed by atoms with Gasteiger partial charge >= 0.3 is 5.97 Å². The number of rotatable bonds is 3. The molecule has 2 rings (SSSR count). The third-order valence-corrected chi connectivity index (χ3v) is 4.79. The van der Waals surface area contributed by atoms with E-state index in [2.05, 4.69) is 0 Å². The first-order valence-electron chi connectivity index (χ1n) is 5.03. The van der Waals surface area contributed by atoms with Crippen LogP contribution >= 0.6 is 11.6 Å². The van der Waals surface area contributed by atoms with Crippen molar-refractivity contribution in [2.75, 3.05) is 13.1 Å². The number of sulfonamides is 1. The topological polar surface area (TPSA) is 94.9 Å². The molecule has 0 spiro atoms. The second-order valence-electron chi connectivity index (χ2n) is 3.92. The Morgan fingerprint density at radius 3 is 2.50 bits per heavy atom. The van der Waals surface area contributed by atoms with Crippen LogP contribution in [0.4, 0.5) is 0 Å². The number of benzene rings is 1. The van der Waals surface area contributed by atoms with Gasteiger partial charge in [0.05, 0.1) is 21.6 Å². The van der Waals surface area contributed by atoms with E-state index < -0.39 is 22.1 Å². The van der Waals surface area contributed by atoms with Gasteiger partial charge in [0.15, 0.2) is 0 Å². The zero-order valence-corrected chi connectivity index (χ0v) is 10.6. The fourth-order valence-electron chi connectivity index (χ4n) is 1.59. The van der Waals surface area contributed by atoms with Crippen LogP contribution in [0.25, 0.3) is 0 Å². The molecule has 0 aromatic heterocycles. The van der Waals surface area contributed by atoms with Crippen molar-refractivity contribution in [3.05, 3.63) is 28.8 Å². The van der Waals surface area contributed by atoms with Crippen LogP contribution in [0.2, 0.25) is 5.02 Å². The van der Waals surface area contributed by atoms with Gasteiger partial charge in [-0.2, -0.15) is 4.31 Å². The molecule has 0 aliphatic carbocycles. The summed E-state index contributed by atoms with van der Waals surface area (Å²) in [5, 5.41) is 17.9. The van der Waals surface area contributed by atoms with Gasteiger partial charge in [-0.3, -0.25) is 0 Å². The zero-order chi connectivity index (χ0) is 13.5. The number of carbonyl (C=O) groups is 1. The Morgan fingerprint density at radius 1 is 1.39 bits per heavy atom. The van der Waals surface area contributed by atoms with Gasteiger partial charge in [0, 0.05) is 13.1 Å². The van der Waals surface area contributed by atoms with Crippen molar-refractivity contribution in [2.45, 2.75) is 11.0 Å². The van der Waals surface area contributed by atoms with Gasteiger partial charge in [0.1, 0.15) is 0 Å². The summed E-state index contributed by atoms with van der Waals surface area (Å²) in [6.07, 6.45) is -0.661. The highest BCUT2D eigenvalue weighted by atomic mass is 35.5. The van der Waals surface area contributed by atoms with Crippen molar-refractivity contribution in [1.82, 2.24) is 4.31 Å². The molecule has 1 fully saturated rings. The molecule has 0 amide bonds. The number of carboxylic acids is 1. The van der Waals surface area contributed by atoms with Crippen LogP contribution in [0, 0.1) is 0 Å². The molecule has 1 aromatic rings. The third kappa shape index (κ3) is 2.22. The van der Waals surface area contributed by atoms with Gasteiger partial charge in [-0.25, -0.2) is 13.2 Å². The number of nitrogens with zero attached hydrogens (tertiary/aromatic N) is 1. The van der Waals surface area contributed by atoms with E-state index in [1.165, 1.54) is 12.1 Å². The van der Waals surface area contributed by atoms with Gasteiger partial charge in [-0.15, -0.1) is 0 Å². The summed E-state index contributed by atoms with van der Waals surface area (Å²) in [6, 6.07) is 3.49. The van der Waals surface area contributed by atoms with E-state index in [4.69, 9.17) is 21.8 Å². The highest BCUT2D eigenvalue weighted by molar-refractivity contribution is 7.89. The SMILES string of the molecule is O=C(O)c1cc(S(=O)(=O)N2CC(O)C2)ccc1Cl. The zero-order valence-electron chi connectivity index (χ0n) is 9.08. The Labute approximate surface area is 108 Å². The molecule has 0 radical (unpaired) electrons. The minimum Gasteiger partial charge on any atom is -0.478 e. The molecule has 1 aromatic carbocycles.